The molecule has 0 fully saturated rings. The molecule has 0 aliphatic rings. The average Bonchev–Trinajstić information content (AvgIpc) is 2.52. The number of nitrogens with zero attached hydrogens (tertiary/aromatic N) is 2. The van der Waals surface area contributed by atoms with Gasteiger partial charge in [0.2, 0.25) is 0 Å². The van der Waals surface area contributed by atoms with E-state index in [9.17, 15) is 4.79 Å². The van der Waals surface area contributed by atoms with Crippen LogP contribution >= 0.6 is 0 Å². The SMILES string of the molecule is C=CCOc1ccc(N=Nc2ccc(C=O)cc2)cc1. The Labute approximate surface area is 117 Å². The van der Waals surface area contributed by atoms with Gasteiger partial charge in [-0.3, -0.25) is 4.79 Å². The maximum atomic E-state index is 10.5. The normalized spacial score (nSPS) is 10.4. The molecule has 2 aromatic carbocycles. The fourth-order valence-corrected chi connectivity index (χ4v) is 1.50. The Bertz CT molecular complexity index is 601. The largest absolute Gasteiger partial charge is 0.490 e. The number of benzene rings is 2. The molecule has 0 spiro atoms. The van der Waals surface area contributed by atoms with E-state index in [2.05, 4.69) is 16.8 Å². The standard InChI is InChI=1S/C16H14N2O2/c1-2-11-20-16-9-7-15(8-10-16)18-17-14-5-3-13(12-19)4-6-14/h2-10,12H,1,11H2. The van der Waals surface area contributed by atoms with Gasteiger partial charge in [0.1, 0.15) is 18.6 Å². The zero-order chi connectivity index (χ0) is 14.2. The molecule has 0 bridgehead atoms. The minimum Gasteiger partial charge on any atom is -0.490 e. The van der Waals surface area contributed by atoms with Crippen LogP contribution in [0.3, 0.4) is 0 Å². The highest BCUT2D eigenvalue weighted by atomic mass is 16.5. The fourth-order valence-electron chi connectivity index (χ4n) is 1.50. The quantitative estimate of drug-likeness (QED) is 0.439. The summed E-state index contributed by atoms with van der Waals surface area (Å²) in [5, 5.41) is 8.21. The third-order valence-corrected chi connectivity index (χ3v) is 2.51. The molecule has 0 atom stereocenters. The van der Waals surface area contributed by atoms with Crippen molar-refractivity contribution in [3.63, 3.8) is 0 Å². The molecule has 0 radical (unpaired) electrons. The first-order valence-corrected chi connectivity index (χ1v) is 6.12. The summed E-state index contributed by atoms with van der Waals surface area (Å²) in [5.41, 5.74) is 2.05. The molecule has 2 aromatic rings. The Morgan fingerprint density at radius 1 is 0.950 bits per heavy atom. The third-order valence-electron chi connectivity index (χ3n) is 2.51. The summed E-state index contributed by atoms with van der Waals surface area (Å²) in [5.74, 6) is 0.763. The molecule has 0 amide bonds. The van der Waals surface area contributed by atoms with Gasteiger partial charge in [-0.25, -0.2) is 0 Å². The average molecular weight is 266 g/mol. The smallest absolute Gasteiger partial charge is 0.150 e. The first kappa shape index (κ1) is 13.7. The predicted molar refractivity (Wildman–Crippen MR) is 78.1 cm³/mol. The number of carbonyl (C=O) groups excluding carboxylic acids is 1. The summed E-state index contributed by atoms with van der Waals surface area (Å²) in [6.45, 7) is 4.06. The number of hydrogen-bond donors (Lipinski definition) is 0. The van der Waals surface area contributed by atoms with Gasteiger partial charge >= 0.3 is 0 Å². The van der Waals surface area contributed by atoms with Crippen molar-refractivity contribution in [1.82, 2.24) is 0 Å². The van der Waals surface area contributed by atoms with Gasteiger partial charge in [-0.1, -0.05) is 12.7 Å². The maximum absolute atomic E-state index is 10.5. The van der Waals surface area contributed by atoms with Gasteiger partial charge < -0.3 is 4.74 Å². The molecular weight excluding hydrogens is 252 g/mol. The lowest BCUT2D eigenvalue weighted by molar-refractivity contribution is 0.112. The molecule has 0 saturated carbocycles. The molecule has 4 nitrogen and oxygen atoms in total. The van der Waals surface area contributed by atoms with Gasteiger partial charge in [-0.05, 0) is 48.5 Å². The van der Waals surface area contributed by atoms with Crippen LogP contribution in [0.1, 0.15) is 10.4 Å². The van der Waals surface area contributed by atoms with Gasteiger partial charge in [0.25, 0.3) is 0 Å². The van der Waals surface area contributed by atoms with Crippen molar-refractivity contribution in [2.75, 3.05) is 6.61 Å². The molecule has 0 aromatic heterocycles. The Balaban J connectivity index is 2.02. The van der Waals surface area contributed by atoms with Crippen molar-refractivity contribution in [2.24, 2.45) is 10.2 Å². The first-order chi connectivity index (χ1) is 9.81. The van der Waals surface area contributed by atoms with Crippen molar-refractivity contribution >= 4 is 17.7 Å². The van der Waals surface area contributed by atoms with Gasteiger partial charge in [-0.15, -0.1) is 0 Å². The predicted octanol–water partition coefficient (Wildman–Crippen LogP) is 4.48. The van der Waals surface area contributed by atoms with Crippen LogP contribution in [0.2, 0.25) is 0 Å². The highest BCUT2D eigenvalue weighted by molar-refractivity contribution is 5.75. The number of azo groups is 1. The second-order valence-corrected chi connectivity index (χ2v) is 4.00. The lowest BCUT2D eigenvalue weighted by Gasteiger charge is -2.02. The zero-order valence-corrected chi connectivity index (χ0v) is 10.9. The summed E-state index contributed by atoms with van der Waals surface area (Å²) in [4.78, 5) is 10.5. The van der Waals surface area contributed by atoms with E-state index in [1.165, 1.54) is 0 Å². The topological polar surface area (TPSA) is 51.0 Å². The van der Waals surface area contributed by atoms with Crippen LogP contribution in [-0.4, -0.2) is 12.9 Å². The molecule has 2 rings (SSSR count). The Morgan fingerprint density at radius 2 is 1.50 bits per heavy atom. The monoisotopic (exact) mass is 266 g/mol. The van der Waals surface area contributed by atoms with Crippen LogP contribution < -0.4 is 4.74 Å². The van der Waals surface area contributed by atoms with Crippen LogP contribution in [0.5, 0.6) is 5.75 Å². The van der Waals surface area contributed by atoms with E-state index in [4.69, 9.17) is 4.74 Å². The number of ether oxygens (including phenoxy) is 1. The summed E-state index contributed by atoms with van der Waals surface area (Å²) >= 11 is 0. The number of carbonyl (C=O) groups is 1. The molecule has 0 heterocycles. The number of rotatable bonds is 6. The van der Waals surface area contributed by atoms with Gasteiger partial charge in [0.15, 0.2) is 0 Å². The summed E-state index contributed by atoms with van der Waals surface area (Å²) < 4.78 is 5.38. The van der Waals surface area contributed by atoms with Crippen molar-refractivity contribution in [3.8, 4) is 5.75 Å². The Kier molecular flexibility index (Phi) is 4.78. The van der Waals surface area contributed by atoms with Crippen LogP contribution in [-0.2, 0) is 0 Å². The Hall–Kier alpha value is -2.75. The van der Waals surface area contributed by atoms with E-state index in [0.717, 1.165) is 17.7 Å². The molecule has 0 aliphatic carbocycles. The zero-order valence-electron chi connectivity index (χ0n) is 10.9. The van der Waals surface area contributed by atoms with Crippen molar-refractivity contribution in [2.45, 2.75) is 0 Å². The van der Waals surface area contributed by atoms with Crippen LogP contribution in [0.4, 0.5) is 11.4 Å². The highest BCUT2D eigenvalue weighted by Crippen LogP contribution is 2.21. The summed E-state index contributed by atoms with van der Waals surface area (Å²) in [6, 6.07) is 14.2. The number of aldehydes is 1. The van der Waals surface area contributed by atoms with Crippen molar-refractivity contribution < 1.29 is 9.53 Å². The fraction of sp³-hybridized carbons (Fsp3) is 0.0625. The molecule has 0 aliphatic heterocycles. The molecule has 4 heteroatoms. The highest BCUT2D eigenvalue weighted by Gasteiger charge is 1.94. The molecule has 100 valence electrons. The van der Waals surface area contributed by atoms with Crippen molar-refractivity contribution in [3.05, 3.63) is 66.7 Å². The summed E-state index contributed by atoms with van der Waals surface area (Å²) in [6.07, 6.45) is 2.49. The lowest BCUT2D eigenvalue weighted by Crippen LogP contribution is -1.91. The minimum absolute atomic E-state index is 0.476. The maximum Gasteiger partial charge on any atom is 0.150 e. The van der Waals surface area contributed by atoms with Crippen LogP contribution in [0.25, 0.3) is 0 Å². The molecule has 20 heavy (non-hydrogen) atoms. The van der Waals surface area contributed by atoms with Crippen molar-refractivity contribution in [1.29, 1.82) is 0 Å². The van der Waals surface area contributed by atoms with E-state index in [-0.39, 0.29) is 0 Å². The molecule has 0 saturated heterocycles. The van der Waals surface area contributed by atoms with E-state index < -0.39 is 0 Å². The summed E-state index contributed by atoms with van der Waals surface area (Å²) in [7, 11) is 0. The second-order valence-electron chi connectivity index (χ2n) is 4.00. The van der Waals surface area contributed by atoms with E-state index >= 15 is 0 Å². The Morgan fingerprint density at radius 3 is 2.00 bits per heavy atom. The molecular formula is C16H14N2O2. The minimum atomic E-state index is 0.476. The van der Waals surface area contributed by atoms with Crippen LogP contribution in [0.15, 0.2) is 71.4 Å². The van der Waals surface area contributed by atoms with E-state index in [1.807, 2.05) is 24.3 Å². The van der Waals surface area contributed by atoms with Gasteiger partial charge in [0.05, 0.1) is 11.4 Å². The van der Waals surface area contributed by atoms with E-state index in [0.29, 0.717) is 17.9 Å². The number of hydrogen-bond acceptors (Lipinski definition) is 4. The lowest BCUT2D eigenvalue weighted by atomic mass is 10.2. The van der Waals surface area contributed by atoms with Crippen LogP contribution in [0, 0.1) is 0 Å². The third kappa shape index (κ3) is 3.88. The first-order valence-electron chi connectivity index (χ1n) is 6.12. The molecule has 0 N–H and O–H groups in total. The van der Waals surface area contributed by atoms with Gasteiger partial charge in [0, 0.05) is 5.56 Å². The van der Waals surface area contributed by atoms with E-state index in [1.54, 1.807) is 30.3 Å². The molecule has 0 unspecified atom stereocenters. The second kappa shape index (κ2) is 6.99. The van der Waals surface area contributed by atoms with Gasteiger partial charge in [-0.2, -0.15) is 10.2 Å².